The number of hydrogen-bond acceptors (Lipinski definition) is 4. The molecule has 0 fully saturated rings. The van der Waals surface area contributed by atoms with Crippen LogP contribution in [0.25, 0.3) is 6.08 Å². The number of rotatable bonds is 10. The molecule has 0 aliphatic rings. The van der Waals surface area contributed by atoms with Crippen LogP contribution < -0.4 is 16.4 Å². The van der Waals surface area contributed by atoms with Crippen molar-refractivity contribution in [2.45, 2.75) is 19.3 Å². The number of phenolic OH excluding ortho intramolecular Hbond substituents is 1. The second kappa shape index (κ2) is 10.9. The number of hydrogen-bond donors (Lipinski definition) is 4. The van der Waals surface area contributed by atoms with Gasteiger partial charge in [-0.1, -0.05) is 12.1 Å². The lowest BCUT2D eigenvalue weighted by Crippen LogP contribution is -2.26. The van der Waals surface area contributed by atoms with Crippen molar-refractivity contribution in [1.29, 1.82) is 0 Å². The second-order valence-electron chi connectivity index (χ2n) is 4.82. The molecule has 1 aromatic carbocycles. The normalized spacial score (nSPS) is 10.9. The lowest BCUT2D eigenvalue weighted by atomic mass is 10.2. The Balaban J connectivity index is 2.07. The van der Waals surface area contributed by atoms with Crippen LogP contribution >= 0.6 is 0 Å². The quantitative estimate of drug-likeness (QED) is 0.386. The number of unbranched alkanes of at least 4 members (excludes halogenated alkanes) is 1. The highest BCUT2D eigenvalue weighted by Crippen LogP contribution is 2.10. The Morgan fingerprint density at radius 2 is 1.81 bits per heavy atom. The molecule has 0 saturated heterocycles. The van der Waals surface area contributed by atoms with Gasteiger partial charge >= 0.3 is 0 Å². The maximum atomic E-state index is 11.6. The van der Waals surface area contributed by atoms with Crippen LogP contribution in [0.15, 0.2) is 30.3 Å². The third-order valence-electron chi connectivity index (χ3n) is 2.96. The first-order valence-corrected chi connectivity index (χ1v) is 7.38. The van der Waals surface area contributed by atoms with E-state index >= 15 is 0 Å². The van der Waals surface area contributed by atoms with Crippen molar-refractivity contribution in [3.05, 3.63) is 35.9 Å². The highest BCUT2D eigenvalue weighted by Gasteiger charge is 1.95. The molecule has 0 heterocycles. The van der Waals surface area contributed by atoms with Crippen molar-refractivity contribution >= 4 is 12.0 Å². The van der Waals surface area contributed by atoms with Crippen LogP contribution in [0.4, 0.5) is 0 Å². The molecular weight excluding hydrogens is 266 g/mol. The summed E-state index contributed by atoms with van der Waals surface area (Å²) in [5.74, 6) is 0.113. The molecule has 5 N–H and O–H groups in total. The lowest BCUT2D eigenvalue weighted by molar-refractivity contribution is -0.116. The smallest absolute Gasteiger partial charge is 0.243 e. The zero-order chi connectivity index (χ0) is 15.3. The topological polar surface area (TPSA) is 87.4 Å². The second-order valence-corrected chi connectivity index (χ2v) is 4.82. The SMILES string of the molecule is NCCCCNCCCNC(=O)/C=C/c1ccc(O)cc1. The molecule has 21 heavy (non-hydrogen) atoms. The van der Waals surface area contributed by atoms with Gasteiger partial charge in [0.25, 0.3) is 0 Å². The Labute approximate surface area is 126 Å². The summed E-state index contributed by atoms with van der Waals surface area (Å²) in [6.07, 6.45) is 6.27. The van der Waals surface area contributed by atoms with Gasteiger partial charge in [-0.2, -0.15) is 0 Å². The van der Waals surface area contributed by atoms with Crippen LogP contribution in [0, 0.1) is 0 Å². The average molecular weight is 291 g/mol. The third kappa shape index (κ3) is 8.83. The zero-order valence-electron chi connectivity index (χ0n) is 12.3. The minimum absolute atomic E-state index is 0.105. The first kappa shape index (κ1) is 17.2. The molecule has 5 heteroatoms. The number of benzene rings is 1. The fourth-order valence-electron chi connectivity index (χ4n) is 1.76. The average Bonchev–Trinajstić information content (AvgIpc) is 2.49. The molecule has 5 nitrogen and oxygen atoms in total. The molecule has 0 aliphatic carbocycles. The van der Waals surface area contributed by atoms with Crippen LogP contribution in [0.3, 0.4) is 0 Å². The molecule has 0 atom stereocenters. The van der Waals surface area contributed by atoms with E-state index in [9.17, 15) is 4.79 Å². The predicted molar refractivity (Wildman–Crippen MR) is 85.9 cm³/mol. The number of carbonyl (C=O) groups excluding carboxylic acids is 1. The first-order chi connectivity index (χ1) is 10.2. The van der Waals surface area contributed by atoms with Crippen LogP contribution in [0.1, 0.15) is 24.8 Å². The highest BCUT2D eigenvalue weighted by molar-refractivity contribution is 5.91. The summed E-state index contributed by atoms with van der Waals surface area (Å²) in [6, 6.07) is 6.69. The van der Waals surface area contributed by atoms with Gasteiger partial charge in [-0.25, -0.2) is 0 Å². The molecule has 1 amide bonds. The Morgan fingerprint density at radius 3 is 2.52 bits per heavy atom. The van der Waals surface area contributed by atoms with Gasteiger partial charge in [0, 0.05) is 12.6 Å². The van der Waals surface area contributed by atoms with Crippen LogP contribution in [0.2, 0.25) is 0 Å². The van der Waals surface area contributed by atoms with Gasteiger partial charge in [0.1, 0.15) is 5.75 Å². The van der Waals surface area contributed by atoms with Crippen LogP contribution in [0.5, 0.6) is 5.75 Å². The maximum absolute atomic E-state index is 11.6. The van der Waals surface area contributed by atoms with E-state index in [0.717, 1.165) is 44.5 Å². The Hall–Kier alpha value is -1.85. The molecule has 0 unspecified atom stereocenters. The summed E-state index contributed by atoms with van der Waals surface area (Å²) in [5.41, 5.74) is 6.29. The molecule has 1 aromatic rings. The molecular formula is C16H25N3O2. The van der Waals surface area contributed by atoms with Gasteiger partial charge in [-0.05, 0) is 62.7 Å². The number of carbonyl (C=O) groups is 1. The van der Waals surface area contributed by atoms with E-state index in [1.165, 1.54) is 6.08 Å². The molecule has 0 saturated carbocycles. The molecule has 116 valence electrons. The monoisotopic (exact) mass is 291 g/mol. The van der Waals surface area contributed by atoms with Gasteiger partial charge in [-0.3, -0.25) is 4.79 Å². The van der Waals surface area contributed by atoms with Gasteiger partial charge in [0.2, 0.25) is 5.91 Å². The summed E-state index contributed by atoms with van der Waals surface area (Å²) in [5, 5.41) is 15.3. The minimum Gasteiger partial charge on any atom is -0.508 e. The molecule has 0 radical (unpaired) electrons. The summed E-state index contributed by atoms with van der Waals surface area (Å²) >= 11 is 0. The van der Waals surface area contributed by atoms with Crippen molar-refractivity contribution < 1.29 is 9.90 Å². The highest BCUT2D eigenvalue weighted by atomic mass is 16.3. The number of nitrogens with two attached hydrogens (primary N) is 1. The Morgan fingerprint density at radius 1 is 1.10 bits per heavy atom. The van der Waals surface area contributed by atoms with E-state index in [2.05, 4.69) is 10.6 Å². The summed E-state index contributed by atoms with van der Waals surface area (Å²) in [6.45, 7) is 3.27. The third-order valence-corrected chi connectivity index (χ3v) is 2.96. The summed E-state index contributed by atoms with van der Waals surface area (Å²) < 4.78 is 0. The minimum atomic E-state index is -0.105. The van der Waals surface area contributed by atoms with Gasteiger partial charge in [0.05, 0.1) is 0 Å². The number of phenols is 1. The van der Waals surface area contributed by atoms with Gasteiger partial charge in [0.15, 0.2) is 0 Å². The molecule has 0 aliphatic heterocycles. The van der Waals surface area contributed by atoms with E-state index in [1.54, 1.807) is 30.3 Å². The van der Waals surface area contributed by atoms with Crippen molar-refractivity contribution in [3.8, 4) is 5.75 Å². The van der Waals surface area contributed by atoms with E-state index < -0.39 is 0 Å². The van der Waals surface area contributed by atoms with Crippen molar-refractivity contribution in [1.82, 2.24) is 10.6 Å². The van der Waals surface area contributed by atoms with Gasteiger partial charge in [-0.15, -0.1) is 0 Å². The number of amides is 1. The van der Waals surface area contributed by atoms with E-state index in [0.29, 0.717) is 6.54 Å². The number of aromatic hydroxyl groups is 1. The Bertz CT molecular complexity index is 430. The van der Waals surface area contributed by atoms with Crippen molar-refractivity contribution in [2.75, 3.05) is 26.2 Å². The summed E-state index contributed by atoms with van der Waals surface area (Å²) in [7, 11) is 0. The lowest BCUT2D eigenvalue weighted by Gasteiger charge is -2.04. The van der Waals surface area contributed by atoms with Crippen molar-refractivity contribution in [3.63, 3.8) is 0 Å². The molecule has 0 bridgehead atoms. The molecule has 0 spiro atoms. The Kier molecular flexibility index (Phi) is 8.91. The van der Waals surface area contributed by atoms with E-state index in [4.69, 9.17) is 10.8 Å². The first-order valence-electron chi connectivity index (χ1n) is 7.38. The standard InChI is InChI=1S/C16H25N3O2/c17-10-1-2-11-18-12-3-13-19-16(21)9-6-14-4-7-15(20)8-5-14/h4-9,18,20H,1-3,10-13,17H2,(H,19,21)/b9-6+. The zero-order valence-corrected chi connectivity index (χ0v) is 12.3. The molecule has 1 rings (SSSR count). The van der Waals surface area contributed by atoms with E-state index in [1.807, 2.05) is 0 Å². The van der Waals surface area contributed by atoms with Crippen LogP contribution in [-0.4, -0.2) is 37.2 Å². The largest absolute Gasteiger partial charge is 0.508 e. The maximum Gasteiger partial charge on any atom is 0.243 e. The fraction of sp³-hybridized carbons (Fsp3) is 0.438. The van der Waals surface area contributed by atoms with Crippen molar-refractivity contribution in [2.24, 2.45) is 5.73 Å². The molecule has 0 aromatic heterocycles. The van der Waals surface area contributed by atoms with Gasteiger partial charge < -0.3 is 21.5 Å². The predicted octanol–water partition coefficient (Wildman–Crippen LogP) is 1.24. The van der Waals surface area contributed by atoms with E-state index in [-0.39, 0.29) is 11.7 Å². The summed E-state index contributed by atoms with van der Waals surface area (Å²) in [4.78, 5) is 11.6. The fourth-order valence-corrected chi connectivity index (χ4v) is 1.76. The van der Waals surface area contributed by atoms with Crippen LogP contribution in [-0.2, 0) is 4.79 Å². The number of nitrogens with one attached hydrogen (secondary N) is 2.